The van der Waals surface area contributed by atoms with Crippen LogP contribution in [0.25, 0.3) is 0 Å². The molecule has 148 valence electrons. The zero-order chi connectivity index (χ0) is 19.9. The molecule has 5 nitrogen and oxygen atoms in total. The number of nitrogens with one attached hydrogen (secondary N) is 2. The van der Waals surface area contributed by atoms with E-state index in [-0.39, 0.29) is 23.4 Å². The van der Waals surface area contributed by atoms with Gasteiger partial charge in [-0.3, -0.25) is 9.59 Å². The first-order valence-corrected chi connectivity index (χ1v) is 10.6. The predicted molar refractivity (Wildman–Crippen MR) is 110 cm³/mol. The summed E-state index contributed by atoms with van der Waals surface area (Å²) in [5, 5.41) is 6.21. The molecule has 28 heavy (non-hydrogen) atoms. The Bertz CT molecular complexity index is 853. The molecule has 1 saturated carbocycles. The fraction of sp³-hybridized carbons (Fsp3) is 0.381. The van der Waals surface area contributed by atoms with Gasteiger partial charge in [-0.2, -0.15) is 0 Å². The molecule has 1 aromatic heterocycles. The topological polar surface area (TPSA) is 71.1 Å². The number of hydrogen-bond donors (Lipinski definition) is 2. The van der Waals surface area contributed by atoms with E-state index in [2.05, 4.69) is 15.6 Å². The molecule has 1 heterocycles. The fourth-order valence-electron chi connectivity index (χ4n) is 3.28. The molecule has 0 spiro atoms. The Hall–Kier alpha value is -2.41. The number of anilines is 2. The number of pyridine rings is 1. The average molecular weight is 402 g/mol. The molecule has 2 amide bonds. The van der Waals surface area contributed by atoms with Crippen LogP contribution in [0, 0.1) is 11.7 Å². The first-order valence-electron chi connectivity index (χ1n) is 9.57. The van der Waals surface area contributed by atoms with E-state index in [1.807, 2.05) is 6.92 Å². The van der Waals surface area contributed by atoms with E-state index in [4.69, 9.17) is 0 Å². The highest BCUT2D eigenvalue weighted by Gasteiger charge is 2.22. The smallest absolute Gasteiger partial charge is 0.255 e. The number of thioether (sulfide) groups is 1. The highest BCUT2D eigenvalue weighted by molar-refractivity contribution is 7.99. The number of amides is 2. The molecule has 0 bridgehead atoms. The summed E-state index contributed by atoms with van der Waals surface area (Å²) in [6, 6.07) is 7.53. The monoisotopic (exact) mass is 401 g/mol. The van der Waals surface area contributed by atoms with Crippen molar-refractivity contribution < 1.29 is 14.0 Å². The zero-order valence-corrected chi connectivity index (χ0v) is 16.7. The van der Waals surface area contributed by atoms with Crippen LogP contribution < -0.4 is 10.6 Å². The van der Waals surface area contributed by atoms with Gasteiger partial charge in [-0.15, -0.1) is 11.8 Å². The van der Waals surface area contributed by atoms with Crippen molar-refractivity contribution in [2.24, 2.45) is 5.92 Å². The second-order valence-electron chi connectivity index (χ2n) is 6.79. The van der Waals surface area contributed by atoms with Crippen LogP contribution in [0.1, 0.15) is 49.4 Å². The minimum Gasteiger partial charge on any atom is -0.323 e. The molecule has 1 fully saturated rings. The lowest BCUT2D eigenvalue weighted by atomic mass is 9.88. The van der Waals surface area contributed by atoms with Gasteiger partial charge in [-0.1, -0.05) is 26.2 Å². The Morgan fingerprint density at radius 1 is 1.14 bits per heavy atom. The summed E-state index contributed by atoms with van der Waals surface area (Å²) in [4.78, 5) is 29.1. The molecule has 0 saturated heterocycles. The van der Waals surface area contributed by atoms with Crippen molar-refractivity contribution in [1.29, 1.82) is 0 Å². The van der Waals surface area contributed by atoms with Gasteiger partial charge in [-0.05, 0) is 48.9 Å². The van der Waals surface area contributed by atoms with Crippen molar-refractivity contribution in [3.63, 3.8) is 0 Å². The summed E-state index contributed by atoms with van der Waals surface area (Å²) in [6.45, 7) is 2.01. The molecule has 3 rings (SSSR count). The first kappa shape index (κ1) is 20.3. The van der Waals surface area contributed by atoms with Crippen LogP contribution in [0.2, 0.25) is 0 Å². The van der Waals surface area contributed by atoms with Gasteiger partial charge in [0.05, 0.1) is 10.7 Å². The van der Waals surface area contributed by atoms with Gasteiger partial charge in [0.25, 0.3) is 5.91 Å². The number of aromatic nitrogens is 1. The predicted octanol–water partition coefficient (Wildman–Crippen LogP) is 5.10. The van der Waals surface area contributed by atoms with Crippen LogP contribution in [-0.4, -0.2) is 22.6 Å². The third-order valence-electron chi connectivity index (χ3n) is 4.75. The molecule has 2 N–H and O–H groups in total. The van der Waals surface area contributed by atoms with Crippen molar-refractivity contribution in [2.45, 2.75) is 44.1 Å². The second kappa shape index (κ2) is 9.68. The van der Waals surface area contributed by atoms with Gasteiger partial charge in [0.15, 0.2) is 0 Å². The van der Waals surface area contributed by atoms with Crippen LogP contribution in [0.5, 0.6) is 0 Å². The van der Waals surface area contributed by atoms with Crippen molar-refractivity contribution in [2.75, 3.05) is 16.4 Å². The molecule has 0 atom stereocenters. The summed E-state index contributed by atoms with van der Waals surface area (Å²) >= 11 is 1.55. The number of halogens is 1. The molecule has 1 aromatic carbocycles. The maximum atomic E-state index is 14.2. The van der Waals surface area contributed by atoms with Gasteiger partial charge in [-0.25, -0.2) is 9.37 Å². The van der Waals surface area contributed by atoms with Crippen molar-refractivity contribution in [1.82, 2.24) is 4.98 Å². The quantitative estimate of drug-likeness (QED) is 0.661. The number of nitrogens with zero attached hydrogens (tertiary/aromatic N) is 1. The Balaban J connectivity index is 1.69. The highest BCUT2D eigenvalue weighted by Crippen LogP contribution is 2.27. The van der Waals surface area contributed by atoms with Crippen LogP contribution in [0.3, 0.4) is 0 Å². The number of carbonyl (C=O) groups excluding carboxylic acids is 2. The van der Waals surface area contributed by atoms with E-state index in [9.17, 15) is 14.0 Å². The minimum absolute atomic E-state index is 0.0716. The summed E-state index contributed by atoms with van der Waals surface area (Å²) in [5.74, 6) is -0.195. The Labute approximate surface area is 168 Å². The van der Waals surface area contributed by atoms with Crippen LogP contribution in [-0.2, 0) is 4.79 Å². The maximum absolute atomic E-state index is 14.2. The largest absolute Gasteiger partial charge is 0.323 e. The number of carbonyl (C=O) groups is 2. The van der Waals surface area contributed by atoms with Gasteiger partial charge < -0.3 is 10.6 Å². The molecular weight excluding hydrogens is 377 g/mol. The van der Waals surface area contributed by atoms with Gasteiger partial charge >= 0.3 is 0 Å². The normalized spacial score (nSPS) is 14.5. The molecule has 7 heteroatoms. The molecule has 0 radical (unpaired) electrons. The van der Waals surface area contributed by atoms with E-state index in [1.165, 1.54) is 18.2 Å². The van der Waals surface area contributed by atoms with E-state index in [0.29, 0.717) is 11.3 Å². The molecule has 2 aromatic rings. The van der Waals surface area contributed by atoms with E-state index < -0.39 is 5.82 Å². The lowest BCUT2D eigenvalue weighted by molar-refractivity contribution is -0.120. The summed E-state index contributed by atoms with van der Waals surface area (Å²) in [6.07, 6.45) is 6.47. The summed E-state index contributed by atoms with van der Waals surface area (Å²) in [5.41, 5.74) is 0.986. The van der Waals surface area contributed by atoms with Crippen molar-refractivity contribution in [3.05, 3.63) is 47.9 Å². The van der Waals surface area contributed by atoms with E-state index in [1.54, 1.807) is 30.1 Å². The van der Waals surface area contributed by atoms with E-state index in [0.717, 1.165) is 42.9 Å². The summed E-state index contributed by atoms with van der Waals surface area (Å²) < 4.78 is 14.2. The highest BCUT2D eigenvalue weighted by atomic mass is 32.2. The van der Waals surface area contributed by atoms with Gasteiger partial charge in [0.1, 0.15) is 5.82 Å². The first-order chi connectivity index (χ1) is 13.6. The SMILES string of the molecule is CCSc1cc(C(=O)Nc2ccc(F)c(NC(=O)C3CCCCC3)c2)ccn1. The fourth-order valence-corrected chi connectivity index (χ4v) is 3.92. The lowest BCUT2D eigenvalue weighted by Gasteiger charge is -2.21. The van der Waals surface area contributed by atoms with Crippen LogP contribution >= 0.6 is 11.8 Å². The van der Waals surface area contributed by atoms with E-state index >= 15 is 0 Å². The third kappa shape index (κ3) is 5.32. The van der Waals surface area contributed by atoms with Crippen LogP contribution in [0.4, 0.5) is 15.8 Å². The molecule has 1 aliphatic carbocycles. The Morgan fingerprint density at radius 2 is 1.93 bits per heavy atom. The van der Waals surface area contributed by atoms with Crippen molar-refractivity contribution in [3.8, 4) is 0 Å². The number of hydrogen-bond acceptors (Lipinski definition) is 4. The summed E-state index contributed by atoms with van der Waals surface area (Å²) in [7, 11) is 0. The second-order valence-corrected chi connectivity index (χ2v) is 8.07. The number of benzene rings is 1. The van der Waals surface area contributed by atoms with Crippen LogP contribution in [0.15, 0.2) is 41.6 Å². The molecule has 0 unspecified atom stereocenters. The van der Waals surface area contributed by atoms with Gasteiger partial charge in [0, 0.05) is 23.4 Å². The maximum Gasteiger partial charge on any atom is 0.255 e. The average Bonchev–Trinajstić information content (AvgIpc) is 2.71. The molecule has 0 aliphatic heterocycles. The third-order valence-corrected chi connectivity index (χ3v) is 5.56. The Kier molecular flexibility index (Phi) is 7.03. The molecule has 1 aliphatic rings. The molecular formula is C21H24FN3O2S. The zero-order valence-electron chi connectivity index (χ0n) is 15.8. The minimum atomic E-state index is -0.521. The number of rotatable bonds is 6. The Morgan fingerprint density at radius 3 is 2.68 bits per heavy atom. The lowest BCUT2D eigenvalue weighted by Crippen LogP contribution is -2.25. The standard InChI is InChI=1S/C21H24FN3O2S/c1-2-28-19-12-15(10-11-23-19)21(27)24-16-8-9-17(22)18(13-16)25-20(26)14-6-4-3-5-7-14/h8-14H,2-7H2,1H3,(H,24,27)(H,25,26). The van der Waals surface area contributed by atoms with Crippen molar-refractivity contribution >= 4 is 35.0 Å². The van der Waals surface area contributed by atoms with Gasteiger partial charge in [0.2, 0.25) is 5.91 Å².